The summed E-state index contributed by atoms with van der Waals surface area (Å²) in [6, 6.07) is 0. The number of rotatable bonds is 5. The Morgan fingerprint density at radius 1 is 1.50 bits per heavy atom. The van der Waals surface area contributed by atoms with Crippen molar-refractivity contribution in [1.82, 2.24) is 9.97 Å². The van der Waals surface area contributed by atoms with Gasteiger partial charge in [0.2, 0.25) is 5.95 Å². The van der Waals surface area contributed by atoms with Crippen molar-refractivity contribution in [2.45, 2.75) is 19.4 Å². The molecule has 0 aromatic carbocycles. The third-order valence-electron chi connectivity index (χ3n) is 1.71. The molecule has 0 aliphatic heterocycles. The monoisotopic (exact) mass is 197 g/mol. The van der Waals surface area contributed by atoms with Crippen LogP contribution in [0.4, 0.5) is 5.95 Å². The Morgan fingerprint density at radius 2 is 2.14 bits per heavy atom. The zero-order valence-corrected chi connectivity index (χ0v) is 8.40. The van der Waals surface area contributed by atoms with E-state index in [1.54, 1.807) is 26.4 Å². The van der Waals surface area contributed by atoms with Crippen LogP contribution in [0.2, 0.25) is 0 Å². The molecule has 1 aromatic heterocycles. The first-order valence-electron chi connectivity index (χ1n) is 4.50. The van der Waals surface area contributed by atoms with Crippen LogP contribution in [0.3, 0.4) is 0 Å². The average Bonchev–Trinajstić information content (AvgIpc) is 2.18. The van der Waals surface area contributed by atoms with E-state index >= 15 is 0 Å². The molecule has 14 heavy (non-hydrogen) atoms. The molecule has 1 atom stereocenters. The topological polar surface area (TPSA) is 67.3 Å². The van der Waals surface area contributed by atoms with E-state index in [1.165, 1.54) is 0 Å². The van der Waals surface area contributed by atoms with Crippen LogP contribution in [0, 0.1) is 0 Å². The van der Waals surface area contributed by atoms with E-state index < -0.39 is 0 Å². The Labute approximate surface area is 83.2 Å². The molecule has 1 aromatic rings. The number of ether oxygens (including phenoxy) is 1. The van der Waals surface area contributed by atoms with Crippen molar-refractivity contribution in [2.24, 2.45) is 0 Å². The summed E-state index contributed by atoms with van der Waals surface area (Å²) in [5.74, 6) is 1.18. The van der Waals surface area contributed by atoms with Crippen LogP contribution in [0.25, 0.3) is 0 Å². The minimum Gasteiger partial charge on any atom is -0.494 e. The van der Waals surface area contributed by atoms with Gasteiger partial charge in [0.15, 0.2) is 5.75 Å². The quantitative estimate of drug-likeness (QED) is 0.726. The first-order valence-corrected chi connectivity index (χ1v) is 4.50. The summed E-state index contributed by atoms with van der Waals surface area (Å²) in [5.41, 5.74) is 0. The highest BCUT2D eigenvalue weighted by molar-refractivity contribution is 5.26. The first-order chi connectivity index (χ1) is 6.72. The van der Waals surface area contributed by atoms with Gasteiger partial charge < -0.3 is 15.2 Å². The Balaban J connectivity index is 2.36. The highest BCUT2D eigenvalue weighted by Gasteiger charge is 1.98. The molecule has 0 bridgehead atoms. The molecule has 0 fully saturated rings. The van der Waals surface area contributed by atoms with Crippen molar-refractivity contribution in [3.05, 3.63) is 12.4 Å². The number of aromatic nitrogens is 2. The third-order valence-corrected chi connectivity index (χ3v) is 1.71. The molecular formula is C9H15N3O2. The molecule has 1 rings (SSSR count). The van der Waals surface area contributed by atoms with Crippen molar-refractivity contribution in [3.8, 4) is 5.75 Å². The van der Waals surface area contributed by atoms with E-state index in [-0.39, 0.29) is 6.10 Å². The maximum atomic E-state index is 9.01. The van der Waals surface area contributed by atoms with Gasteiger partial charge in [0.25, 0.3) is 0 Å². The van der Waals surface area contributed by atoms with Crippen LogP contribution in [-0.4, -0.2) is 34.8 Å². The van der Waals surface area contributed by atoms with Crippen molar-refractivity contribution in [2.75, 3.05) is 19.0 Å². The van der Waals surface area contributed by atoms with Gasteiger partial charge in [-0.1, -0.05) is 0 Å². The van der Waals surface area contributed by atoms with E-state index in [0.29, 0.717) is 24.7 Å². The zero-order chi connectivity index (χ0) is 10.4. The molecule has 5 nitrogen and oxygen atoms in total. The summed E-state index contributed by atoms with van der Waals surface area (Å²) in [6.07, 6.45) is 3.56. The fourth-order valence-electron chi connectivity index (χ4n) is 0.906. The molecule has 0 saturated heterocycles. The molecule has 0 aliphatic rings. The molecule has 0 amide bonds. The smallest absolute Gasteiger partial charge is 0.222 e. The maximum absolute atomic E-state index is 9.01. The lowest BCUT2D eigenvalue weighted by Crippen LogP contribution is -2.11. The fraction of sp³-hybridized carbons (Fsp3) is 0.556. The fourth-order valence-corrected chi connectivity index (χ4v) is 0.906. The Morgan fingerprint density at radius 3 is 2.64 bits per heavy atom. The van der Waals surface area contributed by atoms with Crippen molar-refractivity contribution in [1.29, 1.82) is 0 Å². The van der Waals surface area contributed by atoms with Crippen molar-refractivity contribution in [3.63, 3.8) is 0 Å². The molecule has 0 aliphatic carbocycles. The third kappa shape index (κ3) is 3.57. The van der Waals surface area contributed by atoms with Crippen molar-refractivity contribution < 1.29 is 9.84 Å². The zero-order valence-electron chi connectivity index (χ0n) is 8.40. The first kappa shape index (κ1) is 10.7. The Hall–Kier alpha value is -1.36. The standard InChI is InChI=1S/C9H15N3O2/c1-7(13)3-4-10-9-11-5-8(14-2)6-12-9/h5-7,13H,3-4H2,1-2H3,(H,10,11,12). The lowest BCUT2D eigenvalue weighted by Gasteiger charge is -2.06. The SMILES string of the molecule is COc1cnc(NCCC(C)O)nc1. The lowest BCUT2D eigenvalue weighted by molar-refractivity contribution is 0.188. The summed E-state index contributed by atoms with van der Waals surface area (Å²) in [5, 5.41) is 12.0. The van der Waals surface area contributed by atoms with Gasteiger partial charge in [0.1, 0.15) is 0 Å². The van der Waals surface area contributed by atoms with Gasteiger partial charge in [-0.25, -0.2) is 9.97 Å². The van der Waals surface area contributed by atoms with Gasteiger partial charge in [-0.3, -0.25) is 0 Å². The minimum atomic E-state index is -0.305. The normalized spacial score (nSPS) is 12.2. The number of anilines is 1. The van der Waals surface area contributed by atoms with Crippen LogP contribution in [0.15, 0.2) is 12.4 Å². The summed E-state index contributed by atoms with van der Waals surface area (Å²) < 4.78 is 4.92. The molecule has 1 unspecified atom stereocenters. The lowest BCUT2D eigenvalue weighted by atomic mass is 10.3. The van der Waals surface area contributed by atoms with E-state index in [0.717, 1.165) is 0 Å². The Kier molecular flexibility index (Phi) is 4.12. The van der Waals surface area contributed by atoms with Gasteiger partial charge in [-0.05, 0) is 13.3 Å². The summed E-state index contributed by atoms with van der Waals surface area (Å²) in [4.78, 5) is 8.04. The Bertz CT molecular complexity index is 261. The van der Waals surface area contributed by atoms with E-state index in [1.807, 2.05) is 0 Å². The molecule has 2 N–H and O–H groups in total. The van der Waals surface area contributed by atoms with Crippen LogP contribution < -0.4 is 10.1 Å². The summed E-state index contributed by atoms with van der Waals surface area (Å²) in [7, 11) is 1.57. The maximum Gasteiger partial charge on any atom is 0.222 e. The molecule has 0 saturated carbocycles. The van der Waals surface area contributed by atoms with E-state index in [9.17, 15) is 0 Å². The highest BCUT2D eigenvalue weighted by atomic mass is 16.5. The number of aliphatic hydroxyl groups excluding tert-OH is 1. The second kappa shape index (κ2) is 5.39. The second-order valence-corrected chi connectivity index (χ2v) is 3.01. The molecule has 1 heterocycles. The van der Waals surface area contributed by atoms with Gasteiger partial charge in [-0.15, -0.1) is 0 Å². The summed E-state index contributed by atoms with van der Waals surface area (Å²) in [6.45, 7) is 2.40. The number of aliphatic hydroxyl groups is 1. The molecular weight excluding hydrogens is 182 g/mol. The molecule has 78 valence electrons. The highest BCUT2D eigenvalue weighted by Crippen LogP contribution is 2.06. The molecule has 0 spiro atoms. The second-order valence-electron chi connectivity index (χ2n) is 3.01. The summed E-state index contributed by atoms with van der Waals surface area (Å²) >= 11 is 0. The average molecular weight is 197 g/mol. The van der Waals surface area contributed by atoms with Gasteiger partial charge >= 0.3 is 0 Å². The number of hydrogen-bond acceptors (Lipinski definition) is 5. The van der Waals surface area contributed by atoms with E-state index in [2.05, 4.69) is 15.3 Å². The number of hydrogen-bond donors (Lipinski definition) is 2. The van der Waals surface area contributed by atoms with Crippen LogP contribution in [-0.2, 0) is 0 Å². The number of methoxy groups -OCH3 is 1. The molecule has 0 radical (unpaired) electrons. The van der Waals surface area contributed by atoms with Crippen LogP contribution in [0.1, 0.15) is 13.3 Å². The van der Waals surface area contributed by atoms with Gasteiger partial charge in [0.05, 0.1) is 25.6 Å². The predicted molar refractivity (Wildman–Crippen MR) is 53.4 cm³/mol. The number of nitrogens with zero attached hydrogens (tertiary/aromatic N) is 2. The van der Waals surface area contributed by atoms with Gasteiger partial charge in [-0.2, -0.15) is 0 Å². The molecule has 5 heteroatoms. The van der Waals surface area contributed by atoms with Crippen LogP contribution >= 0.6 is 0 Å². The minimum absolute atomic E-state index is 0.305. The van der Waals surface area contributed by atoms with E-state index in [4.69, 9.17) is 9.84 Å². The number of nitrogens with one attached hydrogen (secondary N) is 1. The van der Waals surface area contributed by atoms with Crippen molar-refractivity contribution >= 4 is 5.95 Å². The predicted octanol–water partition coefficient (Wildman–Crippen LogP) is 0.668. The van der Waals surface area contributed by atoms with Gasteiger partial charge in [0, 0.05) is 6.54 Å². The largest absolute Gasteiger partial charge is 0.494 e. The van der Waals surface area contributed by atoms with Crippen LogP contribution in [0.5, 0.6) is 5.75 Å².